The predicted molar refractivity (Wildman–Crippen MR) is 79.5 cm³/mol. The molecule has 0 aromatic heterocycles. The summed E-state index contributed by atoms with van der Waals surface area (Å²) < 4.78 is 10.8. The lowest BCUT2D eigenvalue weighted by Crippen LogP contribution is -2.52. The molecule has 0 aliphatic heterocycles. The van der Waals surface area contributed by atoms with Gasteiger partial charge >= 0.3 is 5.97 Å². The first kappa shape index (κ1) is 16.7. The molecule has 0 aliphatic carbocycles. The molecule has 112 valence electrons. The van der Waals surface area contributed by atoms with Crippen LogP contribution in [-0.2, 0) is 19.8 Å². The Balaban J connectivity index is 2.98. The van der Waals surface area contributed by atoms with Crippen LogP contribution in [0.15, 0.2) is 30.3 Å². The average Bonchev–Trinajstić information content (AvgIpc) is 2.49. The molecule has 2 unspecified atom stereocenters. The predicted octanol–water partition coefficient (Wildman–Crippen LogP) is 2.48. The molecule has 0 radical (unpaired) electrons. The summed E-state index contributed by atoms with van der Waals surface area (Å²) in [6, 6.07) is 9.53. The Labute approximate surface area is 121 Å². The standard InChI is InChI=1S/C16H25NO3/c1-5-9-13(2)20-12-16(17-3,15(18)19-4)14-10-7-6-8-11-14/h6-8,10-11,13,17H,5,9,12H2,1-4H3. The molecule has 2 atom stereocenters. The number of ether oxygens (including phenoxy) is 2. The number of hydrogen-bond acceptors (Lipinski definition) is 4. The summed E-state index contributed by atoms with van der Waals surface area (Å²) >= 11 is 0. The van der Waals surface area contributed by atoms with Gasteiger partial charge in [0.1, 0.15) is 0 Å². The number of carbonyl (C=O) groups excluding carboxylic acids is 1. The van der Waals surface area contributed by atoms with E-state index in [0.29, 0.717) is 0 Å². The summed E-state index contributed by atoms with van der Waals surface area (Å²) in [5, 5.41) is 3.08. The van der Waals surface area contributed by atoms with Crippen molar-refractivity contribution in [3.05, 3.63) is 35.9 Å². The number of hydrogen-bond donors (Lipinski definition) is 1. The highest BCUT2D eigenvalue weighted by Crippen LogP contribution is 2.24. The van der Waals surface area contributed by atoms with Gasteiger partial charge in [0.15, 0.2) is 5.54 Å². The molecule has 0 amide bonds. The van der Waals surface area contributed by atoms with Crippen LogP contribution >= 0.6 is 0 Å². The Hall–Kier alpha value is -1.39. The van der Waals surface area contributed by atoms with Crippen molar-refractivity contribution in [2.45, 2.75) is 38.3 Å². The monoisotopic (exact) mass is 279 g/mol. The van der Waals surface area contributed by atoms with Crippen molar-refractivity contribution in [2.75, 3.05) is 20.8 Å². The molecular formula is C16H25NO3. The second kappa shape index (κ2) is 8.02. The van der Waals surface area contributed by atoms with Gasteiger partial charge in [-0.15, -0.1) is 0 Å². The second-order valence-electron chi connectivity index (χ2n) is 4.92. The van der Waals surface area contributed by atoms with Crippen molar-refractivity contribution in [1.29, 1.82) is 0 Å². The van der Waals surface area contributed by atoms with Gasteiger partial charge in [0.25, 0.3) is 0 Å². The van der Waals surface area contributed by atoms with Gasteiger partial charge in [0.2, 0.25) is 0 Å². The Bertz CT molecular complexity index is 407. The summed E-state index contributed by atoms with van der Waals surface area (Å²) in [6.45, 7) is 4.39. The van der Waals surface area contributed by atoms with E-state index in [-0.39, 0.29) is 18.7 Å². The van der Waals surface area contributed by atoms with Crippen LogP contribution in [0.5, 0.6) is 0 Å². The third-order valence-electron chi connectivity index (χ3n) is 3.51. The van der Waals surface area contributed by atoms with Crippen LogP contribution in [0.4, 0.5) is 0 Å². The molecular weight excluding hydrogens is 254 g/mol. The number of esters is 1. The van der Waals surface area contributed by atoms with Crippen molar-refractivity contribution in [3.8, 4) is 0 Å². The number of rotatable bonds is 8. The topological polar surface area (TPSA) is 47.6 Å². The Morgan fingerprint density at radius 3 is 2.50 bits per heavy atom. The molecule has 0 saturated heterocycles. The first-order valence-electron chi connectivity index (χ1n) is 7.05. The van der Waals surface area contributed by atoms with E-state index in [1.54, 1.807) is 7.05 Å². The summed E-state index contributed by atoms with van der Waals surface area (Å²) in [5.74, 6) is -0.338. The van der Waals surface area contributed by atoms with Crippen molar-refractivity contribution < 1.29 is 14.3 Å². The Kier molecular flexibility index (Phi) is 6.68. The molecule has 0 bridgehead atoms. The fourth-order valence-corrected chi connectivity index (χ4v) is 2.23. The maximum Gasteiger partial charge on any atom is 0.333 e. The van der Waals surface area contributed by atoms with Gasteiger partial charge in [-0.3, -0.25) is 5.32 Å². The first-order chi connectivity index (χ1) is 9.60. The van der Waals surface area contributed by atoms with Gasteiger partial charge in [-0.05, 0) is 26.0 Å². The minimum absolute atomic E-state index is 0.112. The van der Waals surface area contributed by atoms with Crippen LogP contribution in [0.2, 0.25) is 0 Å². The molecule has 0 spiro atoms. The van der Waals surface area contributed by atoms with Crippen molar-refractivity contribution in [2.24, 2.45) is 0 Å². The lowest BCUT2D eigenvalue weighted by Gasteiger charge is -2.32. The van der Waals surface area contributed by atoms with Crippen LogP contribution in [-0.4, -0.2) is 32.8 Å². The number of nitrogens with one attached hydrogen (secondary N) is 1. The summed E-state index contributed by atoms with van der Waals surface area (Å²) in [6.07, 6.45) is 2.13. The minimum atomic E-state index is -0.960. The van der Waals surface area contributed by atoms with Gasteiger partial charge in [0.05, 0.1) is 19.8 Å². The maximum atomic E-state index is 12.3. The zero-order chi connectivity index (χ0) is 15.0. The summed E-state index contributed by atoms with van der Waals surface area (Å²) in [5.41, 5.74) is -0.115. The molecule has 1 aromatic carbocycles. The fraction of sp³-hybridized carbons (Fsp3) is 0.562. The molecule has 0 aliphatic rings. The van der Waals surface area contributed by atoms with Crippen LogP contribution in [0.1, 0.15) is 32.3 Å². The fourth-order valence-electron chi connectivity index (χ4n) is 2.23. The molecule has 4 nitrogen and oxygen atoms in total. The third kappa shape index (κ3) is 3.81. The normalized spacial score (nSPS) is 15.4. The summed E-state index contributed by atoms with van der Waals surface area (Å²) in [7, 11) is 3.14. The molecule has 4 heteroatoms. The van der Waals surface area contributed by atoms with Gasteiger partial charge in [0, 0.05) is 0 Å². The average molecular weight is 279 g/mol. The quantitative estimate of drug-likeness (QED) is 0.743. The van der Waals surface area contributed by atoms with Gasteiger partial charge in [-0.25, -0.2) is 4.79 Å². The van der Waals surface area contributed by atoms with E-state index in [1.165, 1.54) is 7.11 Å². The SMILES string of the molecule is CCCC(C)OCC(NC)(C(=O)OC)c1ccccc1. The van der Waals surface area contributed by atoms with E-state index in [1.807, 2.05) is 37.3 Å². The maximum absolute atomic E-state index is 12.3. The highest BCUT2D eigenvalue weighted by molar-refractivity contribution is 5.82. The van der Waals surface area contributed by atoms with E-state index in [4.69, 9.17) is 9.47 Å². The molecule has 1 aromatic rings. The molecule has 20 heavy (non-hydrogen) atoms. The highest BCUT2D eigenvalue weighted by Gasteiger charge is 2.40. The van der Waals surface area contributed by atoms with Crippen molar-refractivity contribution in [3.63, 3.8) is 0 Å². The molecule has 0 fully saturated rings. The van der Waals surface area contributed by atoms with Gasteiger partial charge in [-0.2, -0.15) is 0 Å². The number of likely N-dealkylation sites (N-methyl/N-ethyl adjacent to an activating group) is 1. The van der Waals surface area contributed by atoms with E-state index >= 15 is 0 Å². The second-order valence-corrected chi connectivity index (χ2v) is 4.92. The number of carbonyl (C=O) groups is 1. The van der Waals surface area contributed by atoms with E-state index < -0.39 is 5.54 Å². The smallest absolute Gasteiger partial charge is 0.333 e. The van der Waals surface area contributed by atoms with Crippen LogP contribution < -0.4 is 5.32 Å². The van der Waals surface area contributed by atoms with E-state index in [9.17, 15) is 4.79 Å². The zero-order valence-corrected chi connectivity index (χ0v) is 12.8. The number of benzene rings is 1. The third-order valence-corrected chi connectivity index (χ3v) is 3.51. The minimum Gasteiger partial charge on any atom is -0.467 e. The summed E-state index contributed by atoms with van der Waals surface area (Å²) in [4.78, 5) is 12.3. The highest BCUT2D eigenvalue weighted by atomic mass is 16.5. The first-order valence-corrected chi connectivity index (χ1v) is 7.05. The molecule has 1 rings (SSSR count). The van der Waals surface area contributed by atoms with Gasteiger partial charge < -0.3 is 9.47 Å². The molecule has 1 N–H and O–H groups in total. The molecule has 0 heterocycles. The van der Waals surface area contributed by atoms with E-state index in [2.05, 4.69) is 12.2 Å². The number of methoxy groups -OCH3 is 1. The van der Waals surface area contributed by atoms with Crippen molar-refractivity contribution in [1.82, 2.24) is 5.32 Å². The van der Waals surface area contributed by atoms with Crippen LogP contribution in [0.3, 0.4) is 0 Å². The lowest BCUT2D eigenvalue weighted by atomic mass is 9.90. The largest absolute Gasteiger partial charge is 0.467 e. The van der Waals surface area contributed by atoms with Crippen LogP contribution in [0.25, 0.3) is 0 Å². The van der Waals surface area contributed by atoms with Crippen molar-refractivity contribution >= 4 is 5.97 Å². The zero-order valence-electron chi connectivity index (χ0n) is 12.8. The lowest BCUT2D eigenvalue weighted by molar-refractivity contribution is -0.153. The Morgan fingerprint density at radius 2 is 2.00 bits per heavy atom. The molecule has 0 saturated carbocycles. The van der Waals surface area contributed by atoms with Crippen LogP contribution in [0, 0.1) is 0 Å². The Morgan fingerprint density at radius 1 is 1.35 bits per heavy atom. The van der Waals surface area contributed by atoms with E-state index in [0.717, 1.165) is 18.4 Å². The van der Waals surface area contributed by atoms with Gasteiger partial charge in [-0.1, -0.05) is 43.7 Å².